The highest BCUT2D eigenvalue weighted by molar-refractivity contribution is 5.70. The lowest BCUT2D eigenvalue weighted by atomic mass is 10.1. The summed E-state index contributed by atoms with van der Waals surface area (Å²) in [5, 5.41) is 3.27. The molecule has 1 heterocycles. The number of carbonyl (C=O) groups is 1. The minimum absolute atomic E-state index is 0.244. The molecule has 19 heavy (non-hydrogen) atoms. The third-order valence-electron chi connectivity index (χ3n) is 3.27. The lowest BCUT2D eigenvalue weighted by Gasteiger charge is -2.19. The molecule has 0 radical (unpaired) electrons. The van der Waals surface area contributed by atoms with Crippen LogP contribution in [0.15, 0.2) is 24.3 Å². The largest absolute Gasteiger partial charge is 0.415 e. The van der Waals surface area contributed by atoms with Gasteiger partial charge in [-0.3, -0.25) is 0 Å². The first kappa shape index (κ1) is 13.9. The molecule has 0 bridgehead atoms. The average Bonchev–Trinajstić information content (AvgIpc) is 2.70. The highest BCUT2D eigenvalue weighted by Gasteiger charge is 2.16. The van der Waals surface area contributed by atoms with Gasteiger partial charge >= 0.3 is 6.09 Å². The smallest absolute Gasteiger partial charge is 0.410 e. The molecular formula is C15H22N2O2. The predicted molar refractivity (Wildman–Crippen MR) is 75.5 cm³/mol. The fourth-order valence-electron chi connectivity index (χ4n) is 2.21. The summed E-state index contributed by atoms with van der Waals surface area (Å²) in [7, 11) is 0. The molecule has 0 aromatic heterocycles. The van der Waals surface area contributed by atoms with E-state index in [2.05, 4.69) is 12.2 Å². The van der Waals surface area contributed by atoms with Crippen molar-refractivity contribution >= 4 is 6.09 Å². The highest BCUT2D eigenvalue weighted by Crippen LogP contribution is 2.14. The number of nitrogens with one attached hydrogen (secondary N) is 1. The minimum atomic E-state index is -0.244. The van der Waals surface area contributed by atoms with Crippen LogP contribution in [0.5, 0.6) is 5.75 Å². The Hall–Kier alpha value is -1.55. The van der Waals surface area contributed by atoms with E-state index in [1.807, 2.05) is 24.3 Å². The number of amides is 1. The van der Waals surface area contributed by atoms with Crippen LogP contribution in [0, 0.1) is 0 Å². The number of hydrogen-bond donors (Lipinski definition) is 1. The van der Waals surface area contributed by atoms with Crippen molar-refractivity contribution in [1.82, 2.24) is 10.2 Å². The van der Waals surface area contributed by atoms with E-state index in [1.165, 1.54) is 5.56 Å². The maximum absolute atomic E-state index is 12.0. The van der Waals surface area contributed by atoms with Crippen LogP contribution >= 0.6 is 0 Å². The van der Waals surface area contributed by atoms with Crippen LogP contribution in [0.2, 0.25) is 0 Å². The van der Waals surface area contributed by atoms with Gasteiger partial charge in [0, 0.05) is 19.6 Å². The minimum Gasteiger partial charge on any atom is -0.410 e. The quantitative estimate of drug-likeness (QED) is 0.909. The van der Waals surface area contributed by atoms with E-state index in [4.69, 9.17) is 4.74 Å². The molecule has 1 fully saturated rings. The van der Waals surface area contributed by atoms with Crippen LogP contribution in [0.4, 0.5) is 4.79 Å². The van der Waals surface area contributed by atoms with E-state index >= 15 is 0 Å². The Bertz CT molecular complexity index is 395. The molecule has 0 aliphatic carbocycles. The van der Waals surface area contributed by atoms with Crippen LogP contribution in [-0.4, -0.2) is 37.2 Å². The third-order valence-corrected chi connectivity index (χ3v) is 3.27. The lowest BCUT2D eigenvalue weighted by molar-refractivity contribution is 0.155. The molecule has 4 nitrogen and oxygen atoms in total. The number of carbonyl (C=O) groups excluding carboxylic acids is 1. The van der Waals surface area contributed by atoms with Crippen LogP contribution < -0.4 is 10.1 Å². The maximum Gasteiger partial charge on any atom is 0.415 e. The summed E-state index contributed by atoms with van der Waals surface area (Å²) < 4.78 is 5.40. The van der Waals surface area contributed by atoms with Crippen molar-refractivity contribution < 1.29 is 9.53 Å². The van der Waals surface area contributed by atoms with Crippen molar-refractivity contribution in [2.45, 2.75) is 26.2 Å². The molecule has 1 N–H and O–H groups in total. The van der Waals surface area contributed by atoms with Gasteiger partial charge in [-0.05, 0) is 37.1 Å². The van der Waals surface area contributed by atoms with Gasteiger partial charge in [-0.25, -0.2) is 4.79 Å². The van der Waals surface area contributed by atoms with Crippen molar-refractivity contribution in [2.24, 2.45) is 0 Å². The zero-order valence-electron chi connectivity index (χ0n) is 11.5. The summed E-state index contributed by atoms with van der Waals surface area (Å²) in [6.07, 6.45) is 2.92. The number of benzene rings is 1. The first-order valence-electron chi connectivity index (χ1n) is 7.06. The van der Waals surface area contributed by atoms with Gasteiger partial charge in [-0.15, -0.1) is 0 Å². The zero-order valence-corrected chi connectivity index (χ0v) is 11.5. The second-order valence-corrected chi connectivity index (χ2v) is 4.85. The fraction of sp³-hybridized carbons (Fsp3) is 0.533. The Morgan fingerprint density at radius 3 is 2.79 bits per heavy atom. The monoisotopic (exact) mass is 262 g/mol. The molecule has 1 amide bonds. The van der Waals surface area contributed by atoms with Gasteiger partial charge in [-0.2, -0.15) is 0 Å². The highest BCUT2D eigenvalue weighted by atomic mass is 16.6. The number of nitrogens with zero attached hydrogens (tertiary/aromatic N) is 1. The van der Waals surface area contributed by atoms with Crippen molar-refractivity contribution in [3.63, 3.8) is 0 Å². The Kier molecular flexibility index (Phi) is 5.21. The van der Waals surface area contributed by atoms with Crippen molar-refractivity contribution in [3.05, 3.63) is 29.8 Å². The molecule has 2 rings (SSSR count). The molecule has 4 heteroatoms. The van der Waals surface area contributed by atoms with Gasteiger partial charge in [0.15, 0.2) is 0 Å². The Labute approximate surface area is 114 Å². The van der Waals surface area contributed by atoms with Crippen molar-refractivity contribution in [1.29, 1.82) is 0 Å². The van der Waals surface area contributed by atoms with Gasteiger partial charge in [0.05, 0.1) is 0 Å². The second kappa shape index (κ2) is 7.14. The van der Waals surface area contributed by atoms with Gasteiger partial charge in [0.1, 0.15) is 5.75 Å². The van der Waals surface area contributed by atoms with Gasteiger partial charge in [-0.1, -0.05) is 25.5 Å². The molecule has 0 unspecified atom stereocenters. The van der Waals surface area contributed by atoms with E-state index < -0.39 is 0 Å². The van der Waals surface area contributed by atoms with Crippen molar-refractivity contribution in [2.75, 3.05) is 26.2 Å². The van der Waals surface area contributed by atoms with Gasteiger partial charge in [0.2, 0.25) is 0 Å². The summed E-state index contributed by atoms with van der Waals surface area (Å²) in [5.74, 6) is 0.627. The van der Waals surface area contributed by atoms with Crippen molar-refractivity contribution in [3.8, 4) is 5.75 Å². The molecule has 0 atom stereocenters. The molecule has 1 aliphatic rings. The van der Waals surface area contributed by atoms with E-state index in [1.54, 1.807) is 4.90 Å². The van der Waals surface area contributed by atoms with E-state index in [0.717, 1.165) is 38.9 Å². The second-order valence-electron chi connectivity index (χ2n) is 4.85. The molecule has 1 saturated heterocycles. The van der Waals surface area contributed by atoms with Crippen LogP contribution in [0.25, 0.3) is 0 Å². The first-order chi connectivity index (χ1) is 9.29. The van der Waals surface area contributed by atoms with E-state index in [9.17, 15) is 4.79 Å². The van der Waals surface area contributed by atoms with Crippen LogP contribution in [0.3, 0.4) is 0 Å². The van der Waals surface area contributed by atoms with Gasteiger partial charge in [0.25, 0.3) is 0 Å². The van der Waals surface area contributed by atoms with Crippen LogP contribution in [-0.2, 0) is 6.42 Å². The summed E-state index contributed by atoms with van der Waals surface area (Å²) in [6, 6.07) is 7.80. The molecule has 0 spiro atoms. The predicted octanol–water partition coefficient (Wildman–Crippen LogP) is 2.43. The molecular weight excluding hydrogens is 240 g/mol. The molecule has 1 aliphatic heterocycles. The Balaban J connectivity index is 1.90. The SMILES string of the molecule is CCCc1ccc(OC(=O)N2CCCNCC2)cc1. The summed E-state index contributed by atoms with van der Waals surface area (Å²) >= 11 is 0. The Morgan fingerprint density at radius 2 is 2.05 bits per heavy atom. The molecule has 0 saturated carbocycles. The Morgan fingerprint density at radius 1 is 1.26 bits per heavy atom. The van der Waals surface area contributed by atoms with Gasteiger partial charge < -0.3 is 15.0 Å². The van der Waals surface area contributed by atoms with E-state index in [0.29, 0.717) is 12.3 Å². The fourth-order valence-corrected chi connectivity index (χ4v) is 2.21. The average molecular weight is 262 g/mol. The number of hydrogen-bond acceptors (Lipinski definition) is 3. The van der Waals surface area contributed by atoms with E-state index in [-0.39, 0.29) is 6.09 Å². The number of rotatable bonds is 3. The summed E-state index contributed by atoms with van der Waals surface area (Å²) in [4.78, 5) is 13.8. The lowest BCUT2D eigenvalue weighted by Crippen LogP contribution is -2.36. The number of aryl methyl sites for hydroxylation is 1. The molecule has 1 aromatic rings. The summed E-state index contributed by atoms with van der Waals surface area (Å²) in [6.45, 7) is 5.44. The number of ether oxygens (including phenoxy) is 1. The first-order valence-corrected chi connectivity index (χ1v) is 7.06. The third kappa shape index (κ3) is 4.24. The van der Waals surface area contributed by atoms with Crippen LogP contribution in [0.1, 0.15) is 25.3 Å². The molecule has 104 valence electrons. The standard InChI is InChI=1S/C15H22N2O2/c1-2-4-13-5-7-14(8-6-13)19-15(18)17-11-3-9-16-10-12-17/h5-8,16H,2-4,9-12H2,1H3. The summed E-state index contributed by atoms with van der Waals surface area (Å²) in [5.41, 5.74) is 1.28. The zero-order chi connectivity index (χ0) is 13.5. The maximum atomic E-state index is 12.0. The topological polar surface area (TPSA) is 41.6 Å². The molecule has 1 aromatic carbocycles. The normalized spacial score (nSPS) is 15.9.